The van der Waals surface area contributed by atoms with Crippen molar-refractivity contribution in [3.63, 3.8) is 0 Å². The Balaban J connectivity index is 0.000000136. The highest BCUT2D eigenvalue weighted by molar-refractivity contribution is 6.62. The zero-order valence-corrected chi connectivity index (χ0v) is 28.7. The smallest absolute Gasteiger partial charge is 0.502 e. The van der Waals surface area contributed by atoms with Crippen molar-refractivity contribution in [3.05, 3.63) is 47.5 Å². The van der Waals surface area contributed by atoms with Crippen molar-refractivity contribution in [1.29, 1.82) is 0 Å². The number of ketones is 1. The Labute approximate surface area is 276 Å². The number of Topliss-reactive ketones (excluding diaryl/α,β-unsaturated/α-hetero) is 1. The molecule has 47 heavy (non-hydrogen) atoms. The lowest BCUT2D eigenvalue weighted by Gasteiger charge is -2.23. The van der Waals surface area contributed by atoms with E-state index in [4.69, 9.17) is 42.5 Å². The summed E-state index contributed by atoms with van der Waals surface area (Å²) in [4.78, 5) is 15.2. The van der Waals surface area contributed by atoms with Crippen molar-refractivity contribution < 1.29 is 51.8 Å². The molecule has 0 radical (unpaired) electrons. The number of rotatable bonds is 9. The molecule has 13 nitrogen and oxygen atoms in total. The Morgan fingerprint density at radius 3 is 1.57 bits per heavy atom. The van der Waals surface area contributed by atoms with Gasteiger partial charge in [-0.1, -0.05) is 0 Å². The molecule has 0 aromatic heterocycles. The topological polar surface area (TPSA) is 192 Å². The average Bonchev–Trinajstić information content (AvgIpc) is 3.82. The van der Waals surface area contributed by atoms with Gasteiger partial charge in [-0.3, -0.25) is 9.79 Å². The molecular formula is C32H44N2O11Si2. The maximum Gasteiger partial charge on any atom is 0.502 e. The van der Waals surface area contributed by atoms with Crippen molar-refractivity contribution in [2.24, 2.45) is 10.7 Å². The summed E-state index contributed by atoms with van der Waals surface area (Å²) in [5.74, 6) is -0.366. The third-order valence-electron chi connectivity index (χ3n) is 9.30. The van der Waals surface area contributed by atoms with E-state index >= 15 is 0 Å². The minimum atomic E-state index is -2.42. The highest BCUT2D eigenvalue weighted by atomic mass is 28.4. The molecule has 4 heterocycles. The Morgan fingerprint density at radius 1 is 0.723 bits per heavy atom. The van der Waals surface area contributed by atoms with E-state index in [9.17, 15) is 15.0 Å². The van der Waals surface area contributed by atoms with E-state index in [0.717, 1.165) is 62.4 Å². The summed E-state index contributed by atoms with van der Waals surface area (Å²) in [6.45, 7) is 4.54. The van der Waals surface area contributed by atoms with Crippen LogP contribution in [0.4, 0.5) is 0 Å². The molecule has 4 bridgehead atoms. The van der Waals surface area contributed by atoms with Gasteiger partial charge < -0.3 is 52.7 Å². The predicted molar refractivity (Wildman–Crippen MR) is 174 cm³/mol. The maximum atomic E-state index is 10.7. The predicted octanol–water partition coefficient (Wildman–Crippen LogP) is 3.76. The van der Waals surface area contributed by atoms with Crippen LogP contribution >= 0.6 is 0 Å². The van der Waals surface area contributed by atoms with Crippen molar-refractivity contribution >= 4 is 29.1 Å². The molecule has 2 aliphatic carbocycles. The minimum Gasteiger partial charge on any atom is -0.508 e. The number of hydrogen-bond acceptors (Lipinski definition) is 13. The summed E-state index contributed by atoms with van der Waals surface area (Å²) in [6, 6.07) is 10.1. The van der Waals surface area contributed by atoms with E-state index in [-0.39, 0.29) is 58.8 Å². The van der Waals surface area contributed by atoms with Crippen LogP contribution in [-0.2, 0) is 26.6 Å². The van der Waals surface area contributed by atoms with Crippen molar-refractivity contribution in [3.8, 4) is 23.0 Å². The van der Waals surface area contributed by atoms with Gasteiger partial charge in [-0.05, 0) is 83.2 Å². The van der Waals surface area contributed by atoms with Crippen molar-refractivity contribution in [1.82, 2.24) is 0 Å². The van der Waals surface area contributed by atoms with Gasteiger partial charge in [0.2, 0.25) is 0 Å². The van der Waals surface area contributed by atoms with Gasteiger partial charge in [-0.15, -0.1) is 0 Å². The largest absolute Gasteiger partial charge is 0.508 e. The summed E-state index contributed by atoms with van der Waals surface area (Å²) in [7, 11) is -4.61. The van der Waals surface area contributed by atoms with Gasteiger partial charge >= 0.3 is 17.6 Å². The fraction of sp³-hybridized carbons (Fsp3) is 0.562. The summed E-state index contributed by atoms with van der Waals surface area (Å²) in [5, 5.41) is 37.1. The fourth-order valence-corrected chi connectivity index (χ4v) is 13.6. The Kier molecular flexibility index (Phi) is 10.1. The molecule has 2 aromatic carbocycles. The van der Waals surface area contributed by atoms with Crippen LogP contribution in [0.25, 0.3) is 0 Å². The second kappa shape index (κ2) is 13.9. The number of aliphatic imine (C=N–C) groups is 1. The van der Waals surface area contributed by atoms with Gasteiger partial charge in [0.05, 0.1) is 42.2 Å². The van der Waals surface area contributed by atoms with E-state index in [0.29, 0.717) is 30.9 Å². The molecule has 2 saturated carbocycles. The van der Waals surface area contributed by atoms with Gasteiger partial charge in [0.25, 0.3) is 0 Å². The molecule has 0 amide bonds. The third kappa shape index (κ3) is 7.28. The number of carbonyl (C=O) groups is 1. The molecule has 6 aliphatic rings. The number of nitrogens with zero attached hydrogens (tertiary/aromatic N) is 1. The second-order valence-electron chi connectivity index (χ2n) is 12.7. The molecule has 2 aromatic rings. The molecule has 256 valence electrons. The first-order valence-corrected chi connectivity index (χ1v) is 20.2. The number of carbonyl (C=O) groups excluding carboxylic acids is 1. The van der Waals surface area contributed by atoms with E-state index in [1.807, 2.05) is 6.92 Å². The van der Waals surface area contributed by atoms with Crippen LogP contribution in [0.3, 0.4) is 0 Å². The molecule has 4 atom stereocenters. The second-order valence-corrected chi connectivity index (χ2v) is 17.9. The SMILES string of the molecule is CC(=NCCC[Si]12OC3CCC(O1)C3O2)c1ccc(O)cc1O.CC(=O)c1ccc(O)cc1O.NCCC[Si]12OC3CCC(O1)C3O2. The Morgan fingerprint density at radius 2 is 1.17 bits per heavy atom. The van der Waals surface area contributed by atoms with Gasteiger partial charge in [-0.2, -0.15) is 0 Å². The monoisotopic (exact) mass is 688 g/mol. The summed E-state index contributed by atoms with van der Waals surface area (Å²) >= 11 is 0. The van der Waals surface area contributed by atoms with Gasteiger partial charge in [0.1, 0.15) is 23.0 Å². The standard InChI is InChI=1S/C16H21NO5Si.C8H15NO3Si.C8H8O3/c1-10(12-4-3-11(18)9-13(12)19)17-7-2-8-23-20-14-5-6-15(21-23)16(14)22-23;9-4-1-5-13-10-6-2-3-7(11-13)8(6)12-13;1-5(9)7-3-2-6(10)4-8(7)11/h3-4,9,14-16,18-19H,2,5-8H2,1H3;6-8H,1-5,9H2;2-4,10-11H,1H3. The lowest BCUT2D eigenvalue weighted by Crippen LogP contribution is -2.42. The zero-order chi connectivity index (χ0) is 33.3. The lowest BCUT2D eigenvalue weighted by molar-refractivity contribution is 0.0715. The summed E-state index contributed by atoms with van der Waals surface area (Å²) < 4.78 is 35.8. The number of phenolic OH excluding ortho intramolecular Hbond substituents is 4. The lowest BCUT2D eigenvalue weighted by atomic mass is 10.1. The van der Waals surface area contributed by atoms with Crippen LogP contribution in [-0.4, -0.2) is 99.2 Å². The molecular weight excluding hydrogens is 645 g/mol. The number of fused-ring (bicyclic) bond motifs is 2. The number of benzene rings is 2. The molecule has 15 heteroatoms. The molecule has 8 rings (SSSR count). The van der Waals surface area contributed by atoms with Gasteiger partial charge in [-0.25, -0.2) is 0 Å². The van der Waals surface area contributed by atoms with Crippen LogP contribution in [0.1, 0.15) is 68.3 Å². The van der Waals surface area contributed by atoms with Crippen LogP contribution in [0.2, 0.25) is 12.1 Å². The molecule has 0 spiro atoms. The van der Waals surface area contributed by atoms with Gasteiger partial charge in [0.15, 0.2) is 5.78 Å². The van der Waals surface area contributed by atoms with Crippen LogP contribution in [0, 0.1) is 0 Å². The summed E-state index contributed by atoms with van der Waals surface area (Å²) in [5.41, 5.74) is 7.09. The first-order chi connectivity index (χ1) is 22.5. The first-order valence-electron chi connectivity index (χ1n) is 16.3. The van der Waals surface area contributed by atoms with E-state index in [1.54, 1.807) is 12.1 Å². The van der Waals surface area contributed by atoms with E-state index in [2.05, 4.69) is 4.99 Å². The average molecular weight is 689 g/mol. The number of nitrogens with two attached hydrogens (primary N) is 1. The van der Waals surface area contributed by atoms with E-state index in [1.165, 1.54) is 25.1 Å². The molecule has 4 unspecified atom stereocenters. The highest BCUT2D eigenvalue weighted by Gasteiger charge is 2.66. The number of phenols is 4. The fourth-order valence-electron chi connectivity index (χ4n) is 7.05. The van der Waals surface area contributed by atoms with E-state index < -0.39 is 17.6 Å². The quantitative estimate of drug-likeness (QED) is 0.111. The molecule has 6 fully saturated rings. The van der Waals surface area contributed by atoms with Crippen molar-refractivity contribution in [2.45, 2.75) is 101 Å². The zero-order valence-electron chi connectivity index (χ0n) is 26.7. The highest BCUT2D eigenvalue weighted by Crippen LogP contribution is 2.48. The Bertz CT molecular complexity index is 1450. The molecule has 4 saturated heterocycles. The minimum absolute atomic E-state index is 0.0419. The molecule has 6 N–H and O–H groups in total. The summed E-state index contributed by atoms with van der Waals surface area (Å²) in [6.07, 6.45) is 7.82. The first kappa shape index (κ1) is 34.0. The van der Waals surface area contributed by atoms with Crippen molar-refractivity contribution in [2.75, 3.05) is 13.1 Å². The van der Waals surface area contributed by atoms with Crippen LogP contribution < -0.4 is 5.73 Å². The molecule has 4 aliphatic heterocycles. The number of aromatic hydroxyl groups is 4. The van der Waals surface area contributed by atoms with Gasteiger partial charge in [0, 0.05) is 42.0 Å². The Hall–Kier alpha value is -2.87. The maximum absolute atomic E-state index is 10.7. The normalized spacial score (nSPS) is 33.8. The van der Waals surface area contributed by atoms with Crippen LogP contribution in [0.5, 0.6) is 23.0 Å². The van der Waals surface area contributed by atoms with Crippen LogP contribution in [0.15, 0.2) is 41.4 Å². The number of hydrogen-bond donors (Lipinski definition) is 5. The third-order valence-corrected chi connectivity index (χ3v) is 15.1.